The van der Waals surface area contributed by atoms with Crippen molar-refractivity contribution in [3.05, 3.63) is 77.9 Å². The number of rotatable bonds is 18. The van der Waals surface area contributed by atoms with Crippen molar-refractivity contribution < 1.29 is 0 Å². The van der Waals surface area contributed by atoms with Crippen LogP contribution in [0.1, 0.15) is 117 Å². The molecule has 0 aliphatic carbocycles. The number of benzene rings is 3. The second-order valence-electron chi connectivity index (χ2n) is 13.1. The number of hydrogen-bond donors (Lipinski definition) is 0. The standard InChI is InChI=1S/C40H50Br2N2O2/c1-3-5-7-9-11-13-15-17-23-43-35-21-19-29(41)25-31(35)39(45)33-28-38-34(27-37(33)43)40(46)32-26-30(42)20-22-36(32)44(38)24-18-16-14-12-10-8-6-4-2/h19-22,25-28H,3-18,23-24H2,1-2H3. The zero-order chi connectivity index (χ0) is 32.5. The second kappa shape index (κ2) is 17.1. The molecule has 246 valence electrons. The van der Waals surface area contributed by atoms with Crippen molar-refractivity contribution >= 4 is 75.5 Å². The Morgan fingerprint density at radius 2 is 0.761 bits per heavy atom. The van der Waals surface area contributed by atoms with Crippen LogP contribution >= 0.6 is 31.9 Å². The van der Waals surface area contributed by atoms with Crippen LogP contribution in [-0.2, 0) is 13.1 Å². The predicted octanol–water partition coefficient (Wildman–Crippen LogP) is 12.4. The molecule has 5 rings (SSSR count). The molecule has 4 nitrogen and oxygen atoms in total. The van der Waals surface area contributed by atoms with Crippen molar-refractivity contribution in [1.82, 2.24) is 9.13 Å². The first kappa shape index (κ1) is 34.9. The first-order valence-corrected chi connectivity index (χ1v) is 19.4. The van der Waals surface area contributed by atoms with E-state index in [2.05, 4.69) is 54.8 Å². The molecular formula is C40H50Br2N2O2. The maximum absolute atomic E-state index is 14.1. The molecular weight excluding hydrogens is 700 g/mol. The average Bonchev–Trinajstić information content (AvgIpc) is 3.06. The molecule has 0 saturated heterocycles. The Morgan fingerprint density at radius 1 is 0.435 bits per heavy atom. The smallest absolute Gasteiger partial charge is 0.197 e. The third-order valence-corrected chi connectivity index (χ3v) is 10.6. The van der Waals surface area contributed by atoms with E-state index in [0.717, 1.165) is 80.6 Å². The Hall–Kier alpha value is -2.44. The first-order chi connectivity index (χ1) is 22.4. The molecule has 46 heavy (non-hydrogen) atoms. The monoisotopic (exact) mass is 748 g/mol. The van der Waals surface area contributed by atoms with Gasteiger partial charge < -0.3 is 9.13 Å². The van der Waals surface area contributed by atoms with E-state index in [1.54, 1.807) is 0 Å². The molecule has 0 atom stereocenters. The molecule has 0 saturated carbocycles. The van der Waals surface area contributed by atoms with Crippen LogP contribution < -0.4 is 10.9 Å². The summed E-state index contributed by atoms with van der Waals surface area (Å²) < 4.78 is 6.39. The summed E-state index contributed by atoms with van der Waals surface area (Å²) >= 11 is 7.22. The van der Waals surface area contributed by atoms with Crippen LogP contribution in [0.2, 0.25) is 0 Å². The van der Waals surface area contributed by atoms with Gasteiger partial charge in [-0.05, 0) is 61.4 Å². The van der Waals surface area contributed by atoms with Crippen LogP contribution in [0, 0.1) is 0 Å². The number of fused-ring (bicyclic) bond motifs is 4. The quantitative estimate of drug-likeness (QED) is 0.0661. The van der Waals surface area contributed by atoms with Crippen molar-refractivity contribution in [2.24, 2.45) is 0 Å². The second-order valence-corrected chi connectivity index (χ2v) is 15.0. The Labute approximate surface area is 290 Å². The zero-order valence-electron chi connectivity index (χ0n) is 27.8. The molecule has 0 fully saturated rings. The van der Waals surface area contributed by atoms with E-state index in [-0.39, 0.29) is 10.9 Å². The molecule has 3 aromatic carbocycles. The molecule has 0 aliphatic heterocycles. The minimum atomic E-state index is 0.0300. The maximum atomic E-state index is 14.1. The van der Waals surface area contributed by atoms with Crippen LogP contribution in [0.4, 0.5) is 0 Å². The van der Waals surface area contributed by atoms with Crippen LogP contribution in [-0.4, -0.2) is 9.13 Å². The summed E-state index contributed by atoms with van der Waals surface area (Å²) in [5, 5.41) is 2.83. The molecule has 5 aromatic rings. The van der Waals surface area contributed by atoms with Gasteiger partial charge >= 0.3 is 0 Å². The van der Waals surface area contributed by atoms with Gasteiger partial charge in [-0.2, -0.15) is 0 Å². The van der Waals surface area contributed by atoms with E-state index in [1.165, 1.54) is 77.0 Å². The van der Waals surface area contributed by atoms with Crippen LogP contribution in [0.5, 0.6) is 0 Å². The van der Waals surface area contributed by atoms with Crippen molar-refractivity contribution in [2.45, 2.75) is 130 Å². The van der Waals surface area contributed by atoms with Gasteiger partial charge in [-0.1, -0.05) is 136 Å². The molecule has 0 spiro atoms. The highest BCUT2D eigenvalue weighted by atomic mass is 79.9. The van der Waals surface area contributed by atoms with E-state index in [1.807, 2.05) is 48.5 Å². The Bertz CT molecular complexity index is 1770. The predicted molar refractivity (Wildman–Crippen MR) is 206 cm³/mol. The number of unbranched alkanes of at least 4 members (excludes halogenated alkanes) is 14. The molecule has 0 bridgehead atoms. The highest BCUT2D eigenvalue weighted by molar-refractivity contribution is 9.10. The van der Waals surface area contributed by atoms with Crippen LogP contribution in [0.15, 0.2) is 67.1 Å². The highest BCUT2D eigenvalue weighted by Crippen LogP contribution is 2.29. The molecule has 2 aromatic heterocycles. The van der Waals surface area contributed by atoms with Gasteiger partial charge in [0, 0.05) is 43.6 Å². The zero-order valence-corrected chi connectivity index (χ0v) is 31.0. The summed E-state index contributed by atoms with van der Waals surface area (Å²) in [6, 6.07) is 16.1. The number of halogens is 2. The molecule has 0 radical (unpaired) electrons. The Kier molecular flexibility index (Phi) is 13.0. The minimum Gasteiger partial charge on any atom is -0.340 e. The number of nitrogens with zero attached hydrogens (tertiary/aromatic N) is 2. The Balaban J connectivity index is 1.55. The summed E-state index contributed by atoms with van der Waals surface area (Å²) in [5.41, 5.74) is 3.65. The fraction of sp³-hybridized carbons (Fsp3) is 0.500. The molecule has 0 unspecified atom stereocenters. The fourth-order valence-corrected chi connectivity index (χ4v) is 7.80. The van der Waals surface area contributed by atoms with E-state index < -0.39 is 0 Å². The molecule has 0 N–H and O–H groups in total. The minimum absolute atomic E-state index is 0.0300. The van der Waals surface area contributed by atoms with Gasteiger partial charge in [0.05, 0.1) is 22.1 Å². The SMILES string of the molecule is CCCCCCCCCCn1c2ccc(Br)cc2c(=O)c2cc3c(cc21)c(=O)c1cc(Br)ccc1n3CCCCCCCCCC. The van der Waals surface area contributed by atoms with Gasteiger partial charge in [0.2, 0.25) is 0 Å². The average molecular weight is 751 g/mol. The van der Waals surface area contributed by atoms with Crippen LogP contribution in [0.25, 0.3) is 43.6 Å². The third-order valence-electron chi connectivity index (χ3n) is 9.64. The summed E-state index contributed by atoms with van der Waals surface area (Å²) in [6.45, 7) is 6.16. The van der Waals surface area contributed by atoms with Crippen LogP contribution in [0.3, 0.4) is 0 Å². The molecule has 2 heterocycles. The molecule has 0 aliphatic rings. The third kappa shape index (κ3) is 8.16. The summed E-state index contributed by atoms with van der Waals surface area (Å²) in [6.07, 6.45) is 19.9. The maximum Gasteiger partial charge on any atom is 0.197 e. The fourth-order valence-electron chi connectivity index (χ4n) is 7.08. The van der Waals surface area contributed by atoms with Gasteiger partial charge in [0.15, 0.2) is 10.9 Å². The largest absolute Gasteiger partial charge is 0.340 e. The van der Waals surface area contributed by atoms with Crippen molar-refractivity contribution in [1.29, 1.82) is 0 Å². The molecule has 0 amide bonds. The lowest BCUT2D eigenvalue weighted by Gasteiger charge is -2.19. The number of pyridine rings is 2. The number of hydrogen-bond acceptors (Lipinski definition) is 2. The summed E-state index contributed by atoms with van der Waals surface area (Å²) in [7, 11) is 0. The van der Waals surface area contributed by atoms with E-state index >= 15 is 0 Å². The van der Waals surface area contributed by atoms with Gasteiger partial charge in [-0.15, -0.1) is 0 Å². The van der Waals surface area contributed by atoms with E-state index in [4.69, 9.17) is 0 Å². The van der Waals surface area contributed by atoms with Gasteiger partial charge in [0.1, 0.15) is 0 Å². The summed E-state index contributed by atoms with van der Waals surface area (Å²) in [4.78, 5) is 28.2. The lowest BCUT2D eigenvalue weighted by molar-refractivity contribution is 0.552. The topological polar surface area (TPSA) is 44.0 Å². The normalized spacial score (nSPS) is 11.9. The van der Waals surface area contributed by atoms with Crippen molar-refractivity contribution in [3.63, 3.8) is 0 Å². The van der Waals surface area contributed by atoms with Crippen molar-refractivity contribution in [2.75, 3.05) is 0 Å². The lowest BCUT2D eigenvalue weighted by atomic mass is 10.0. The van der Waals surface area contributed by atoms with Gasteiger partial charge in [-0.3, -0.25) is 9.59 Å². The first-order valence-electron chi connectivity index (χ1n) is 17.9. The number of aromatic nitrogens is 2. The van der Waals surface area contributed by atoms with Gasteiger partial charge in [0.25, 0.3) is 0 Å². The highest BCUT2D eigenvalue weighted by Gasteiger charge is 2.17. The Morgan fingerprint density at radius 3 is 1.13 bits per heavy atom. The van der Waals surface area contributed by atoms with E-state index in [9.17, 15) is 9.59 Å². The summed E-state index contributed by atoms with van der Waals surface area (Å²) in [5.74, 6) is 0. The van der Waals surface area contributed by atoms with E-state index in [0.29, 0.717) is 10.8 Å². The molecule has 6 heteroatoms. The lowest BCUT2D eigenvalue weighted by Crippen LogP contribution is -2.16. The van der Waals surface area contributed by atoms with Gasteiger partial charge in [-0.25, -0.2) is 0 Å². The number of aryl methyl sites for hydroxylation is 2. The van der Waals surface area contributed by atoms with Crippen molar-refractivity contribution in [3.8, 4) is 0 Å².